The van der Waals surface area contributed by atoms with Crippen molar-refractivity contribution in [3.63, 3.8) is 0 Å². The summed E-state index contributed by atoms with van der Waals surface area (Å²) in [4.78, 5) is 0. The van der Waals surface area contributed by atoms with Crippen LogP contribution in [0.15, 0.2) is 0 Å². The lowest BCUT2D eigenvalue weighted by Gasteiger charge is -2.33. The predicted octanol–water partition coefficient (Wildman–Crippen LogP) is 2.99. The Kier molecular flexibility index (Phi) is 7.20. The second kappa shape index (κ2) is 8.13. The third-order valence-electron chi connectivity index (χ3n) is 4.03. The lowest BCUT2D eigenvalue weighted by Crippen LogP contribution is -2.42. The molecule has 1 aliphatic rings. The van der Waals surface area contributed by atoms with Gasteiger partial charge in [-0.25, -0.2) is 0 Å². The Hall–Kier alpha value is -0.120. The predicted molar refractivity (Wildman–Crippen MR) is 75.9 cm³/mol. The molecule has 0 aromatic heterocycles. The monoisotopic (exact) mass is 257 g/mol. The Morgan fingerprint density at radius 1 is 1.44 bits per heavy atom. The van der Waals surface area contributed by atoms with E-state index < -0.39 is 0 Å². The van der Waals surface area contributed by atoms with Crippen LogP contribution in [0.4, 0.5) is 0 Å². The van der Waals surface area contributed by atoms with E-state index >= 15 is 0 Å². The lowest BCUT2D eigenvalue weighted by atomic mass is 9.87. The fourth-order valence-electron chi connectivity index (χ4n) is 2.52. The maximum atomic E-state index is 5.63. The maximum Gasteiger partial charge on any atom is 0.0623 e. The van der Waals surface area contributed by atoms with E-state index in [1.807, 2.05) is 0 Å². The van der Waals surface area contributed by atoms with Crippen molar-refractivity contribution < 1.29 is 9.47 Å². The highest BCUT2D eigenvalue weighted by molar-refractivity contribution is 4.81. The van der Waals surface area contributed by atoms with Gasteiger partial charge in [0, 0.05) is 19.8 Å². The van der Waals surface area contributed by atoms with Gasteiger partial charge in [0.1, 0.15) is 0 Å². The van der Waals surface area contributed by atoms with E-state index in [4.69, 9.17) is 9.47 Å². The molecule has 0 saturated carbocycles. The molecule has 0 spiro atoms. The molecule has 1 fully saturated rings. The summed E-state index contributed by atoms with van der Waals surface area (Å²) in [7, 11) is 1.80. The standard InChI is InChI=1S/C15H31NO2/c1-5-10-16-14(8-9-15(2,3)17-4)13-7-6-11-18-12-13/h13-14,16H,5-12H2,1-4H3. The van der Waals surface area contributed by atoms with Gasteiger partial charge in [0.15, 0.2) is 0 Å². The van der Waals surface area contributed by atoms with Gasteiger partial charge in [-0.1, -0.05) is 6.92 Å². The van der Waals surface area contributed by atoms with Gasteiger partial charge in [-0.2, -0.15) is 0 Å². The Bertz CT molecular complexity index is 213. The number of methoxy groups -OCH3 is 1. The lowest BCUT2D eigenvalue weighted by molar-refractivity contribution is 0.00170. The first-order valence-corrected chi connectivity index (χ1v) is 7.45. The second-order valence-corrected chi connectivity index (χ2v) is 6.04. The highest BCUT2D eigenvalue weighted by atomic mass is 16.5. The molecule has 0 radical (unpaired) electrons. The van der Waals surface area contributed by atoms with E-state index in [2.05, 4.69) is 26.1 Å². The first-order valence-electron chi connectivity index (χ1n) is 7.45. The summed E-state index contributed by atoms with van der Waals surface area (Å²) in [6.45, 7) is 9.53. The van der Waals surface area contributed by atoms with Crippen LogP contribution >= 0.6 is 0 Å². The van der Waals surface area contributed by atoms with Crippen LogP contribution in [0.25, 0.3) is 0 Å². The number of hydrogen-bond donors (Lipinski definition) is 1. The molecule has 2 unspecified atom stereocenters. The van der Waals surface area contributed by atoms with Crippen molar-refractivity contribution in [2.24, 2.45) is 5.92 Å². The molecule has 3 nitrogen and oxygen atoms in total. The number of rotatable bonds is 8. The van der Waals surface area contributed by atoms with Gasteiger partial charge in [-0.05, 0) is 58.4 Å². The Morgan fingerprint density at radius 2 is 2.22 bits per heavy atom. The minimum absolute atomic E-state index is 0.0122. The van der Waals surface area contributed by atoms with Gasteiger partial charge in [0.25, 0.3) is 0 Å². The molecule has 0 aromatic rings. The van der Waals surface area contributed by atoms with Crippen molar-refractivity contribution in [2.75, 3.05) is 26.9 Å². The van der Waals surface area contributed by atoms with E-state index in [1.54, 1.807) is 7.11 Å². The van der Waals surface area contributed by atoms with Gasteiger partial charge in [0.05, 0.1) is 12.2 Å². The van der Waals surface area contributed by atoms with Crippen LogP contribution in [0.1, 0.15) is 52.9 Å². The zero-order chi connectivity index (χ0) is 13.4. The molecule has 108 valence electrons. The zero-order valence-corrected chi connectivity index (χ0v) is 12.6. The third kappa shape index (κ3) is 5.68. The molecule has 0 bridgehead atoms. The van der Waals surface area contributed by atoms with Gasteiger partial charge in [-0.3, -0.25) is 0 Å². The molecule has 1 aliphatic heterocycles. The van der Waals surface area contributed by atoms with Crippen LogP contribution in [-0.4, -0.2) is 38.5 Å². The average Bonchev–Trinajstić information content (AvgIpc) is 2.40. The molecule has 0 aliphatic carbocycles. The summed E-state index contributed by atoms with van der Waals surface area (Å²) in [5, 5.41) is 3.70. The summed E-state index contributed by atoms with van der Waals surface area (Å²) < 4.78 is 11.2. The smallest absolute Gasteiger partial charge is 0.0623 e. The highest BCUT2D eigenvalue weighted by Crippen LogP contribution is 2.24. The van der Waals surface area contributed by atoms with Crippen LogP contribution in [0.2, 0.25) is 0 Å². The molecule has 18 heavy (non-hydrogen) atoms. The van der Waals surface area contributed by atoms with E-state index in [0.29, 0.717) is 12.0 Å². The average molecular weight is 257 g/mol. The summed E-state index contributed by atoms with van der Waals surface area (Å²) >= 11 is 0. The molecule has 1 saturated heterocycles. The van der Waals surface area contributed by atoms with Gasteiger partial charge >= 0.3 is 0 Å². The van der Waals surface area contributed by atoms with Crippen LogP contribution in [-0.2, 0) is 9.47 Å². The van der Waals surface area contributed by atoms with Crippen molar-refractivity contribution in [3.8, 4) is 0 Å². The van der Waals surface area contributed by atoms with Crippen molar-refractivity contribution in [3.05, 3.63) is 0 Å². The molecule has 3 heteroatoms. The van der Waals surface area contributed by atoms with Gasteiger partial charge in [-0.15, -0.1) is 0 Å². The Labute approximate surface area is 113 Å². The molecular weight excluding hydrogens is 226 g/mol. The van der Waals surface area contributed by atoms with Crippen molar-refractivity contribution in [1.82, 2.24) is 5.32 Å². The number of ether oxygens (including phenoxy) is 2. The van der Waals surface area contributed by atoms with Gasteiger partial charge < -0.3 is 14.8 Å². The van der Waals surface area contributed by atoms with Crippen LogP contribution in [0.3, 0.4) is 0 Å². The summed E-state index contributed by atoms with van der Waals surface area (Å²) in [6, 6.07) is 0.583. The fraction of sp³-hybridized carbons (Fsp3) is 1.00. The van der Waals surface area contributed by atoms with Crippen LogP contribution < -0.4 is 5.32 Å². The number of hydrogen-bond acceptors (Lipinski definition) is 3. The molecule has 1 N–H and O–H groups in total. The second-order valence-electron chi connectivity index (χ2n) is 6.04. The highest BCUT2D eigenvalue weighted by Gasteiger charge is 2.26. The zero-order valence-electron chi connectivity index (χ0n) is 12.6. The third-order valence-corrected chi connectivity index (χ3v) is 4.03. The van der Waals surface area contributed by atoms with E-state index in [1.165, 1.54) is 25.7 Å². The van der Waals surface area contributed by atoms with Crippen LogP contribution in [0.5, 0.6) is 0 Å². The molecular formula is C15H31NO2. The van der Waals surface area contributed by atoms with E-state index in [0.717, 1.165) is 26.2 Å². The largest absolute Gasteiger partial charge is 0.381 e. The molecule has 1 rings (SSSR count). The summed E-state index contributed by atoms with van der Waals surface area (Å²) in [5.74, 6) is 0.679. The fourth-order valence-corrected chi connectivity index (χ4v) is 2.52. The van der Waals surface area contributed by atoms with E-state index in [-0.39, 0.29) is 5.60 Å². The van der Waals surface area contributed by atoms with Gasteiger partial charge in [0.2, 0.25) is 0 Å². The van der Waals surface area contributed by atoms with Crippen molar-refractivity contribution in [2.45, 2.75) is 64.5 Å². The first-order chi connectivity index (χ1) is 8.59. The Morgan fingerprint density at radius 3 is 2.78 bits per heavy atom. The maximum absolute atomic E-state index is 5.63. The van der Waals surface area contributed by atoms with Crippen molar-refractivity contribution in [1.29, 1.82) is 0 Å². The van der Waals surface area contributed by atoms with E-state index in [9.17, 15) is 0 Å². The summed E-state index contributed by atoms with van der Waals surface area (Å²) in [6.07, 6.45) is 5.98. The first kappa shape index (κ1) is 15.9. The molecule has 0 aromatic carbocycles. The van der Waals surface area contributed by atoms with Crippen molar-refractivity contribution >= 4 is 0 Å². The topological polar surface area (TPSA) is 30.5 Å². The molecule has 1 heterocycles. The minimum atomic E-state index is -0.0122. The van der Waals surface area contributed by atoms with Crippen LogP contribution in [0, 0.1) is 5.92 Å². The SMILES string of the molecule is CCCNC(CCC(C)(C)OC)C1CCCOC1. The molecule has 0 amide bonds. The summed E-state index contributed by atoms with van der Waals surface area (Å²) in [5.41, 5.74) is -0.0122. The normalized spacial score (nSPS) is 23.0. The number of nitrogens with one attached hydrogen (secondary N) is 1. The quantitative estimate of drug-likeness (QED) is 0.725. The molecule has 2 atom stereocenters. The minimum Gasteiger partial charge on any atom is -0.381 e. The Balaban J connectivity index is 2.43.